The molecule has 1 N–H and O–H groups in total. The number of nitrogens with zero attached hydrogens (tertiary/aromatic N) is 3. The highest BCUT2D eigenvalue weighted by Gasteiger charge is 2.10. The van der Waals surface area contributed by atoms with Gasteiger partial charge >= 0.3 is 0 Å². The van der Waals surface area contributed by atoms with Crippen LogP contribution in [0, 0.1) is 0 Å². The third kappa shape index (κ3) is 4.31. The van der Waals surface area contributed by atoms with E-state index in [1.165, 1.54) is 24.9 Å². The Morgan fingerprint density at radius 2 is 1.91 bits per heavy atom. The first-order chi connectivity index (χ1) is 10.9. The van der Waals surface area contributed by atoms with Gasteiger partial charge in [0.2, 0.25) is 0 Å². The zero-order valence-electron chi connectivity index (χ0n) is 13.0. The van der Waals surface area contributed by atoms with Crippen molar-refractivity contribution >= 4 is 17.7 Å². The highest BCUT2D eigenvalue weighted by molar-refractivity contribution is 5.85. The molecule has 2 heterocycles. The van der Waals surface area contributed by atoms with E-state index in [0.717, 1.165) is 50.7 Å². The molecule has 0 bridgehead atoms. The Labute approximate surface area is 132 Å². The van der Waals surface area contributed by atoms with E-state index < -0.39 is 0 Å². The molecule has 3 rings (SSSR count). The number of hydrazone groups is 1. The molecule has 0 atom stereocenters. The smallest absolute Gasteiger partial charge is 0.117 e. The summed E-state index contributed by atoms with van der Waals surface area (Å²) in [6.07, 6.45) is 6.53. The van der Waals surface area contributed by atoms with E-state index >= 15 is 0 Å². The summed E-state index contributed by atoms with van der Waals surface area (Å²) in [5, 5.41) is 4.31. The number of nitrogens with one attached hydrogen (secondary N) is 1. The molecule has 0 aliphatic carbocycles. The van der Waals surface area contributed by atoms with Crippen molar-refractivity contribution in [3.8, 4) is 0 Å². The molecular weight excluding hydrogens is 276 g/mol. The van der Waals surface area contributed by atoms with Crippen molar-refractivity contribution in [3.63, 3.8) is 0 Å². The molecular formula is C17H24N4O. The van der Waals surface area contributed by atoms with E-state index in [1.54, 1.807) is 0 Å². The Balaban J connectivity index is 1.53. The van der Waals surface area contributed by atoms with Crippen molar-refractivity contribution in [2.75, 3.05) is 37.7 Å². The van der Waals surface area contributed by atoms with Gasteiger partial charge < -0.3 is 9.64 Å². The van der Waals surface area contributed by atoms with E-state index in [4.69, 9.17) is 4.74 Å². The van der Waals surface area contributed by atoms with Gasteiger partial charge in [0.25, 0.3) is 0 Å². The summed E-state index contributed by atoms with van der Waals surface area (Å²) in [5.74, 6) is 1.01. The minimum Gasteiger partial charge on any atom is -0.378 e. The number of benzene rings is 1. The van der Waals surface area contributed by atoms with Gasteiger partial charge in [-0.2, -0.15) is 5.10 Å². The maximum atomic E-state index is 5.38. The fraction of sp³-hybridized carbons (Fsp3) is 0.529. The van der Waals surface area contributed by atoms with Crippen LogP contribution in [0.5, 0.6) is 0 Å². The Hall–Kier alpha value is -1.88. The molecule has 0 amide bonds. The van der Waals surface area contributed by atoms with Crippen molar-refractivity contribution in [2.45, 2.75) is 25.7 Å². The highest BCUT2D eigenvalue weighted by atomic mass is 16.5. The lowest BCUT2D eigenvalue weighted by Gasteiger charge is -2.28. The molecule has 1 aromatic rings. The summed E-state index contributed by atoms with van der Waals surface area (Å²) < 4.78 is 5.38. The molecule has 118 valence electrons. The van der Waals surface area contributed by atoms with Crippen molar-refractivity contribution in [2.24, 2.45) is 10.1 Å². The zero-order valence-corrected chi connectivity index (χ0v) is 13.0. The van der Waals surface area contributed by atoms with Gasteiger partial charge in [-0.3, -0.25) is 10.4 Å². The van der Waals surface area contributed by atoms with Crippen LogP contribution in [0.4, 0.5) is 5.69 Å². The molecule has 0 radical (unpaired) electrons. The molecule has 0 saturated carbocycles. The van der Waals surface area contributed by atoms with Crippen LogP contribution in [0.1, 0.15) is 31.2 Å². The molecule has 5 nitrogen and oxygen atoms in total. The van der Waals surface area contributed by atoms with E-state index in [0.29, 0.717) is 0 Å². The first-order valence-corrected chi connectivity index (χ1v) is 8.17. The summed E-state index contributed by atoms with van der Waals surface area (Å²) in [7, 11) is 0. The maximum Gasteiger partial charge on any atom is 0.117 e. The largest absolute Gasteiger partial charge is 0.378 e. The maximum absolute atomic E-state index is 5.38. The van der Waals surface area contributed by atoms with Crippen LogP contribution in [0.15, 0.2) is 34.4 Å². The number of amidine groups is 1. The summed E-state index contributed by atoms with van der Waals surface area (Å²) in [4.78, 5) is 6.85. The summed E-state index contributed by atoms with van der Waals surface area (Å²) in [6, 6.07) is 8.50. The third-order valence-electron chi connectivity index (χ3n) is 4.05. The SMILES string of the molecule is C(=N\NC1=NCCCCC1)/c1ccc(N2CCOCC2)cc1. The molecule has 0 aromatic heterocycles. The number of morpholine rings is 1. The van der Waals surface area contributed by atoms with E-state index in [2.05, 4.69) is 44.7 Å². The third-order valence-corrected chi connectivity index (χ3v) is 4.05. The average molecular weight is 300 g/mol. The lowest BCUT2D eigenvalue weighted by atomic mass is 10.2. The average Bonchev–Trinajstić information content (AvgIpc) is 2.85. The molecule has 1 fully saturated rings. The molecule has 2 aliphatic heterocycles. The van der Waals surface area contributed by atoms with Crippen LogP contribution in [0.2, 0.25) is 0 Å². The van der Waals surface area contributed by atoms with Gasteiger partial charge in [0, 0.05) is 31.7 Å². The fourth-order valence-corrected chi connectivity index (χ4v) is 2.74. The summed E-state index contributed by atoms with van der Waals surface area (Å²) >= 11 is 0. The second-order valence-electron chi connectivity index (χ2n) is 5.70. The molecule has 2 aliphatic rings. The Morgan fingerprint density at radius 3 is 2.73 bits per heavy atom. The second-order valence-corrected chi connectivity index (χ2v) is 5.70. The first kappa shape index (κ1) is 15.0. The van der Waals surface area contributed by atoms with Crippen LogP contribution in [-0.4, -0.2) is 44.9 Å². The summed E-state index contributed by atoms with van der Waals surface area (Å²) in [5.41, 5.74) is 5.43. The van der Waals surface area contributed by atoms with Gasteiger partial charge in [-0.05, 0) is 30.5 Å². The minimum absolute atomic E-state index is 0.815. The highest BCUT2D eigenvalue weighted by Crippen LogP contribution is 2.16. The van der Waals surface area contributed by atoms with Crippen LogP contribution >= 0.6 is 0 Å². The number of ether oxygens (including phenoxy) is 1. The molecule has 22 heavy (non-hydrogen) atoms. The number of anilines is 1. The lowest BCUT2D eigenvalue weighted by Crippen LogP contribution is -2.36. The quantitative estimate of drug-likeness (QED) is 0.689. The van der Waals surface area contributed by atoms with E-state index in [9.17, 15) is 0 Å². The molecule has 1 saturated heterocycles. The number of hydrogen-bond donors (Lipinski definition) is 1. The van der Waals surface area contributed by atoms with Crippen molar-refractivity contribution in [1.29, 1.82) is 0 Å². The predicted octanol–water partition coefficient (Wildman–Crippen LogP) is 2.42. The fourth-order valence-electron chi connectivity index (χ4n) is 2.74. The standard InChI is InChI=1S/C17H24N4O/c1-2-4-17(18-9-3-1)20-19-14-15-5-7-16(8-6-15)21-10-12-22-13-11-21/h5-8,14H,1-4,9-13H2,(H,18,20)/b19-14+. The first-order valence-electron chi connectivity index (χ1n) is 8.17. The topological polar surface area (TPSA) is 49.2 Å². The van der Waals surface area contributed by atoms with E-state index in [1.807, 2.05) is 6.21 Å². The predicted molar refractivity (Wildman–Crippen MR) is 91.0 cm³/mol. The normalized spacial score (nSPS) is 19.8. The number of rotatable bonds is 3. The Bertz CT molecular complexity index is 518. The van der Waals surface area contributed by atoms with E-state index in [-0.39, 0.29) is 0 Å². The van der Waals surface area contributed by atoms with Crippen LogP contribution in [0.3, 0.4) is 0 Å². The summed E-state index contributed by atoms with van der Waals surface area (Å²) in [6.45, 7) is 4.49. The lowest BCUT2D eigenvalue weighted by molar-refractivity contribution is 0.122. The van der Waals surface area contributed by atoms with Gasteiger partial charge in [-0.15, -0.1) is 0 Å². The molecule has 5 heteroatoms. The van der Waals surface area contributed by atoms with Crippen molar-refractivity contribution in [3.05, 3.63) is 29.8 Å². The van der Waals surface area contributed by atoms with Crippen molar-refractivity contribution < 1.29 is 4.74 Å². The number of hydrogen-bond acceptors (Lipinski definition) is 5. The van der Waals surface area contributed by atoms with Gasteiger partial charge in [0.1, 0.15) is 5.84 Å². The van der Waals surface area contributed by atoms with Crippen molar-refractivity contribution in [1.82, 2.24) is 5.43 Å². The Kier molecular flexibility index (Phi) is 5.42. The molecule has 1 aromatic carbocycles. The second kappa shape index (κ2) is 7.94. The molecule has 0 spiro atoms. The van der Waals surface area contributed by atoms with Gasteiger partial charge in [0.15, 0.2) is 0 Å². The van der Waals surface area contributed by atoms with Crippen LogP contribution < -0.4 is 10.3 Å². The Morgan fingerprint density at radius 1 is 1.09 bits per heavy atom. The molecule has 0 unspecified atom stereocenters. The number of aliphatic imine (C=N–C) groups is 1. The zero-order chi connectivity index (χ0) is 15.0. The van der Waals surface area contributed by atoms with Gasteiger partial charge in [-0.25, -0.2) is 0 Å². The van der Waals surface area contributed by atoms with Gasteiger partial charge in [0.05, 0.1) is 19.4 Å². The van der Waals surface area contributed by atoms with Crippen LogP contribution in [0.25, 0.3) is 0 Å². The minimum atomic E-state index is 0.815. The monoisotopic (exact) mass is 300 g/mol. The van der Waals surface area contributed by atoms with Gasteiger partial charge in [-0.1, -0.05) is 18.6 Å². The van der Waals surface area contributed by atoms with Crippen LogP contribution in [-0.2, 0) is 4.74 Å².